The Balaban J connectivity index is 2.99. The summed E-state index contributed by atoms with van der Waals surface area (Å²) >= 11 is 0.987. The Kier molecular flexibility index (Phi) is 4.63. The molecule has 96 valence electrons. The number of carbonyl (C=O) groups is 1. The number of methoxy groups -OCH3 is 1. The maximum absolute atomic E-state index is 11.8. The molecule has 1 heterocycles. The standard InChI is InChI=1S/C9H13NO5S2/c1-6(11)5-10-17(13,14)7-3-4-16-8(7)9(12)15-2/h3-4,6,10-11H,5H2,1-2H3/t6-/m0/s1. The third-order valence-corrected chi connectivity index (χ3v) is 4.35. The van der Waals surface area contributed by atoms with Crippen LogP contribution in [0.2, 0.25) is 0 Å². The maximum atomic E-state index is 11.8. The lowest BCUT2D eigenvalue weighted by atomic mass is 10.4. The normalized spacial score (nSPS) is 13.4. The first kappa shape index (κ1) is 14.1. The van der Waals surface area contributed by atoms with Crippen molar-refractivity contribution in [3.63, 3.8) is 0 Å². The third kappa shape index (κ3) is 3.50. The smallest absolute Gasteiger partial charge is 0.349 e. The first-order chi connectivity index (χ1) is 7.88. The highest BCUT2D eigenvalue weighted by Gasteiger charge is 2.24. The fourth-order valence-corrected chi connectivity index (χ4v) is 3.51. The average molecular weight is 279 g/mol. The van der Waals surface area contributed by atoms with E-state index < -0.39 is 22.1 Å². The second-order valence-corrected chi connectivity index (χ2v) is 5.96. The second kappa shape index (κ2) is 5.58. The van der Waals surface area contributed by atoms with Gasteiger partial charge >= 0.3 is 5.97 Å². The predicted molar refractivity (Wildman–Crippen MR) is 62.5 cm³/mol. The molecule has 0 fully saturated rings. The van der Waals surface area contributed by atoms with E-state index in [1.54, 1.807) is 0 Å². The first-order valence-electron chi connectivity index (χ1n) is 4.72. The minimum absolute atomic E-state index is 0.0191. The van der Waals surface area contributed by atoms with Gasteiger partial charge < -0.3 is 9.84 Å². The molecule has 0 aromatic carbocycles. The molecule has 0 aliphatic heterocycles. The molecule has 1 atom stereocenters. The van der Waals surface area contributed by atoms with E-state index >= 15 is 0 Å². The van der Waals surface area contributed by atoms with Gasteiger partial charge in [-0.05, 0) is 18.4 Å². The lowest BCUT2D eigenvalue weighted by Crippen LogP contribution is -2.31. The third-order valence-electron chi connectivity index (χ3n) is 1.86. The minimum Gasteiger partial charge on any atom is -0.465 e. The van der Waals surface area contributed by atoms with Gasteiger partial charge in [0.2, 0.25) is 10.0 Å². The van der Waals surface area contributed by atoms with Gasteiger partial charge in [0, 0.05) is 6.54 Å². The summed E-state index contributed by atoms with van der Waals surface area (Å²) in [5.41, 5.74) is 0. The highest BCUT2D eigenvalue weighted by atomic mass is 32.2. The zero-order valence-electron chi connectivity index (χ0n) is 9.34. The van der Waals surface area contributed by atoms with Crippen LogP contribution in [0.5, 0.6) is 0 Å². The van der Waals surface area contributed by atoms with E-state index in [1.165, 1.54) is 25.5 Å². The van der Waals surface area contributed by atoms with E-state index in [4.69, 9.17) is 5.11 Å². The Morgan fingerprint density at radius 2 is 2.29 bits per heavy atom. The molecule has 0 amide bonds. The van der Waals surface area contributed by atoms with Gasteiger partial charge in [0.25, 0.3) is 0 Å². The highest BCUT2D eigenvalue weighted by Crippen LogP contribution is 2.22. The van der Waals surface area contributed by atoms with Crippen LogP contribution in [0.4, 0.5) is 0 Å². The van der Waals surface area contributed by atoms with E-state index in [0.29, 0.717) is 0 Å². The summed E-state index contributed by atoms with van der Waals surface area (Å²) in [6.07, 6.45) is -0.801. The monoisotopic (exact) mass is 279 g/mol. The number of sulfonamides is 1. The molecule has 1 aromatic rings. The van der Waals surface area contributed by atoms with Gasteiger partial charge in [-0.15, -0.1) is 11.3 Å². The van der Waals surface area contributed by atoms with Crippen LogP contribution in [0, 0.1) is 0 Å². The summed E-state index contributed by atoms with van der Waals surface area (Å²) in [6.45, 7) is 1.34. The van der Waals surface area contributed by atoms with Crippen LogP contribution in [-0.4, -0.2) is 39.3 Å². The summed E-state index contributed by atoms with van der Waals surface area (Å²) in [4.78, 5) is 11.2. The van der Waals surface area contributed by atoms with Crippen LogP contribution in [-0.2, 0) is 14.8 Å². The van der Waals surface area contributed by atoms with Crippen molar-refractivity contribution in [2.24, 2.45) is 0 Å². The molecule has 0 saturated heterocycles. The number of carbonyl (C=O) groups excluding carboxylic acids is 1. The van der Waals surface area contributed by atoms with Crippen molar-refractivity contribution in [1.29, 1.82) is 0 Å². The van der Waals surface area contributed by atoms with E-state index in [9.17, 15) is 13.2 Å². The molecule has 1 aromatic heterocycles. The van der Waals surface area contributed by atoms with Gasteiger partial charge in [-0.25, -0.2) is 17.9 Å². The molecule has 6 nitrogen and oxygen atoms in total. The first-order valence-corrected chi connectivity index (χ1v) is 7.08. The molecule has 0 bridgehead atoms. The lowest BCUT2D eigenvalue weighted by molar-refractivity contribution is 0.0602. The molecule has 0 aliphatic carbocycles. The zero-order chi connectivity index (χ0) is 13.1. The van der Waals surface area contributed by atoms with Crippen LogP contribution >= 0.6 is 11.3 Å². The number of aliphatic hydroxyl groups is 1. The zero-order valence-corrected chi connectivity index (χ0v) is 11.0. The summed E-state index contributed by atoms with van der Waals surface area (Å²) in [5.74, 6) is -0.697. The van der Waals surface area contributed by atoms with Gasteiger partial charge in [0.15, 0.2) is 0 Å². The summed E-state index contributed by atoms with van der Waals surface area (Å²) in [7, 11) is -2.62. The van der Waals surface area contributed by atoms with Crippen LogP contribution in [0.15, 0.2) is 16.3 Å². The average Bonchev–Trinajstić information content (AvgIpc) is 2.75. The number of nitrogens with one attached hydrogen (secondary N) is 1. The van der Waals surface area contributed by atoms with Crippen LogP contribution in [0.1, 0.15) is 16.6 Å². The minimum atomic E-state index is -3.80. The molecule has 0 spiro atoms. The molecule has 2 N–H and O–H groups in total. The molecule has 17 heavy (non-hydrogen) atoms. The van der Waals surface area contributed by atoms with Gasteiger partial charge in [0.05, 0.1) is 13.2 Å². The van der Waals surface area contributed by atoms with Gasteiger partial charge in [-0.1, -0.05) is 0 Å². The molecule has 0 aliphatic rings. The maximum Gasteiger partial charge on any atom is 0.349 e. The Bertz CT molecular complexity index is 491. The van der Waals surface area contributed by atoms with Crippen LogP contribution < -0.4 is 4.72 Å². The Hall–Kier alpha value is -0.960. The summed E-state index contributed by atoms with van der Waals surface area (Å²) < 4.78 is 30.3. The van der Waals surface area contributed by atoms with Crippen molar-refractivity contribution in [1.82, 2.24) is 4.72 Å². The number of thiophene rings is 1. The number of ether oxygens (including phenoxy) is 1. The van der Waals surface area contributed by atoms with Crippen molar-refractivity contribution in [3.8, 4) is 0 Å². The van der Waals surface area contributed by atoms with Crippen molar-refractivity contribution in [2.75, 3.05) is 13.7 Å². The van der Waals surface area contributed by atoms with Gasteiger partial charge in [-0.2, -0.15) is 0 Å². The van der Waals surface area contributed by atoms with Gasteiger partial charge in [-0.3, -0.25) is 0 Å². The summed E-state index contributed by atoms with van der Waals surface area (Å²) in [5, 5.41) is 10.5. The fourth-order valence-electron chi connectivity index (χ4n) is 1.06. The Labute approximate surface area is 103 Å². The second-order valence-electron chi connectivity index (χ2n) is 3.31. The lowest BCUT2D eigenvalue weighted by Gasteiger charge is -2.08. The number of rotatable bonds is 5. The SMILES string of the molecule is COC(=O)c1sccc1S(=O)(=O)NC[C@H](C)O. The number of aliphatic hydroxyl groups excluding tert-OH is 1. The quantitative estimate of drug-likeness (QED) is 0.751. The molecule has 8 heteroatoms. The molecular weight excluding hydrogens is 266 g/mol. The van der Waals surface area contributed by atoms with Crippen LogP contribution in [0.3, 0.4) is 0 Å². The Morgan fingerprint density at radius 1 is 1.65 bits per heavy atom. The number of hydrogen-bond acceptors (Lipinski definition) is 6. The number of esters is 1. The largest absolute Gasteiger partial charge is 0.465 e. The fraction of sp³-hybridized carbons (Fsp3) is 0.444. The van der Waals surface area contributed by atoms with Crippen molar-refractivity contribution in [3.05, 3.63) is 16.3 Å². The number of hydrogen-bond donors (Lipinski definition) is 2. The molecule has 0 unspecified atom stereocenters. The van der Waals surface area contributed by atoms with E-state index in [2.05, 4.69) is 9.46 Å². The van der Waals surface area contributed by atoms with Gasteiger partial charge in [0.1, 0.15) is 9.77 Å². The van der Waals surface area contributed by atoms with E-state index in [0.717, 1.165) is 11.3 Å². The molecule has 0 saturated carbocycles. The topological polar surface area (TPSA) is 92.7 Å². The van der Waals surface area contributed by atoms with E-state index in [-0.39, 0.29) is 16.3 Å². The molecule has 1 rings (SSSR count). The molecule has 0 radical (unpaired) electrons. The van der Waals surface area contributed by atoms with Crippen LogP contribution in [0.25, 0.3) is 0 Å². The summed E-state index contributed by atoms with van der Waals surface area (Å²) in [6, 6.07) is 1.32. The predicted octanol–water partition coefficient (Wildman–Crippen LogP) is 0.194. The van der Waals surface area contributed by atoms with Crippen molar-refractivity contribution < 1.29 is 23.1 Å². The molecular formula is C9H13NO5S2. The Morgan fingerprint density at radius 3 is 2.82 bits per heavy atom. The highest BCUT2D eigenvalue weighted by molar-refractivity contribution is 7.89. The van der Waals surface area contributed by atoms with E-state index in [1.807, 2.05) is 0 Å². The van der Waals surface area contributed by atoms with Crippen molar-refractivity contribution in [2.45, 2.75) is 17.9 Å². The van der Waals surface area contributed by atoms with Crippen molar-refractivity contribution >= 4 is 27.3 Å².